The smallest absolute Gasteiger partial charge is 0.315 e. The lowest BCUT2D eigenvalue weighted by Crippen LogP contribution is -2.74. The average molecular weight is 485 g/mol. The SMILES string of the molecule is C[C@]12C(=O)CC=CC1=C[C@H]1O[C@]3([C@@H]4C[C@]5(C)C(=O)O[C@H]4C[C@@]5(C)O)CC[C@@]4(O3)[C@H]1[C@@H]2CC[C@]4(C)O. The van der Waals surface area contributed by atoms with Crippen LogP contribution in [0.5, 0.6) is 0 Å². The van der Waals surface area contributed by atoms with Crippen molar-refractivity contribution >= 4 is 11.8 Å². The predicted molar refractivity (Wildman–Crippen MR) is 124 cm³/mol. The number of carbonyl (C=O) groups is 2. The van der Waals surface area contributed by atoms with Crippen LogP contribution in [0.2, 0.25) is 0 Å². The molecule has 0 aromatic rings. The van der Waals surface area contributed by atoms with Crippen molar-refractivity contribution in [1.82, 2.24) is 0 Å². The van der Waals surface area contributed by atoms with Crippen molar-refractivity contribution in [2.24, 2.45) is 28.6 Å². The Hall–Kier alpha value is -1.54. The highest BCUT2D eigenvalue weighted by atomic mass is 16.7. The zero-order chi connectivity index (χ0) is 24.8. The van der Waals surface area contributed by atoms with Crippen LogP contribution in [0.4, 0.5) is 0 Å². The van der Waals surface area contributed by atoms with Gasteiger partial charge in [0.1, 0.15) is 17.5 Å². The van der Waals surface area contributed by atoms with Crippen LogP contribution in [0, 0.1) is 28.6 Å². The molecule has 0 aromatic heterocycles. The molecule has 1 spiro atoms. The summed E-state index contributed by atoms with van der Waals surface area (Å²) in [4.78, 5) is 26.1. The van der Waals surface area contributed by atoms with E-state index in [4.69, 9.17) is 14.2 Å². The number of hydrogen-bond donors (Lipinski definition) is 2. The molecule has 0 aromatic carbocycles. The van der Waals surface area contributed by atoms with Crippen molar-refractivity contribution in [3.63, 3.8) is 0 Å². The van der Waals surface area contributed by atoms with Crippen molar-refractivity contribution < 1.29 is 34.0 Å². The summed E-state index contributed by atoms with van der Waals surface area (Å²) in [5.74, 6) is -1.49. The van der Waals surface area contributed by atoms with Gasteiger partial charge >= 0.3 is 5.97 Å². The van der Waals surface area contributed by atoms with Crippen LogP contribution in [-0.4, -0.2) is 56.8 Å². The molecule has 4 aliphatic carbocycles. The number of ketones is 1. The lowest BCUT2D eigenvalue weighted by atomic mass is 9.47. The molecule has 2 N–H and O–H groups in total. The zero-order valence-corrected chi connectivity index (χ0v) is 21.0. The summed E-state index contributed by atoms with van der Waals surface area (Å²) < 4.78 is 19.8. The maximum Gasteiger partial charge on any atom is 0.315 e. The fourth-order valence-electron chi connectivity index (χ4n) is 9.26. The molecule has 4 heterocycles. The summed E-state index contributed by atoms with van der Waals surface area (Å²) in [6.07, 6.45) is 9.03. The van der Waals surface area contributed by atoms with Crippen LogP contribution in [0.25, 0.3) is 0 Å². The van der Waals surface area contributed by atoms with E-state index in [1.807, 2.05) is 13.0 Å². The minimum atomic E-state index is -1.16. The average Bonchev–Trinajstić information content (AvgIpc) is 3.09. The van der Waals surface area contributed by atoms with Gasteiger partial charge in [-0.25, -0.2) is 0 Å². The zero-order valence-electron chi connectivity index (χ0n) is 21.0. The molecule has 8 rings (SSSR count). The highest BCUT2D eigenvalue weighted by molar-refractivity contribution is 5.92. The van der Waals surface area contributed by atoms with Crippen molar-refractivity contribution in [3.8, 4) is 0 Å². The molecule has 8 aliphatic rings. The summed E-state index contributed by atoms with van der Waals surface area (Å²) >= 11 is 0. The topological polar surface area (TPSA) is 102 Å². The van der Waals surface area contributed by atoms with Gasteiger partial charge < -0.3 is 24.4 Å². The molecule has 0 radical (unpaired) electrons. The van der Waals surface area contributed by atoms with Crippen LogP contribution in [0.3, 0.4) is 0 Å². The Morgan fingerprint density at radius 1 is 0.971 bits per heavy atom. The van der Waals surface area contributed by atoms with E-state index < -0.39 is 39.5 Å². The molecule has 2 saturated carbocycles. The molecule has 4 saturated heterocycles. The molecule has 6 fully saturated rings. The highest BCUT2D eigenvalue weighted by Gasteiger charge is 2.77. The predicted octanol–water partition coefficient (Wildman–Crippen LogP) is 2.98. The summed E-state index contributed by atoms with van der Waals surface area (Å²) in [5, 5.41) is 22.9. The van der Waals surface area contributed by atoms with Gasteiger partial charge in [-0.05, 0) is 64.9 Å². The van der Waals surface area contributed by atoms with Crippen LogP contribution in [0.1, 0.15) is 72.6 Å². The number of ether oxygens (including phenoxy) is 3. The molecule has 11 atom stereocenters. The first kappa shape index (κ1) is 22.6. The van der Waals surface area contributed by atoms with Crippen molar-refractivity contribution in [2.45, 2.75) is 107 Å². The quantitative estimate of drug-likeness (QED) is 0.552. The molecule has 0 unspecified atom stereocenters. The number of hydrogen-bond acceptors (Lipinski definition) is 7. The Morgan fingerprint density at radius 3 is 2.49 bits per heavy atom. The second kappa shape index (κ2) is 6.29. The number of allylic oxidation sites excluding steroid dienone is 3. The first-order valence-corrected chi connectivity index (χ1v) is 13.3. The van der Waals surface area contributed by atoms with Gasteiger partial charge in [-0.15, -0.1) is 0 Å². The Kier molecular flexibility index (Phi) is 4.07. The van der Waals surface area contributed by atoms with Crippen LogP contribution in [-0.2, 0) is 23.8 Å². The van der Waals surface area contributed by atoms with Gasteiger partial charge in [0, 0.05) is 25.2 Å². The van der Waals surface area contributed by atoms with Crippen molar-refractivity contribution in [3.05, 3.63) is 23.8 Å². The third-order valence-electron chi connectivity index (χ3n) is 11.7. The third-order valence-corrected chi connectivity index (χ3v) is 11.7. The minimum absolute atomic E-state index is 0.0279. The number of esters is 1. The van der Waals surface area contributed by atoms with E-state index in [0.717, 1.165) is 12.0 Å². The maximum atomic E-state index is 13.3. The fraction of sp³-hybridized carbons (Fsp3) is 0.786. The van der Waals surface area contributed by atoms with E-state index in [2.05, 4.69) is 19.1 Å². The summed E-state index contributed by atoms with van der Waals surface area (Å²) in [6, 6.07) is 0. The van der Waals surface area contributed by atoms with E-state index in [-0.39, 0.29) is 35.6 Å². The van der Waals surface area contributed by atoms with Crippen LogP contribution in [0.15, 0.2) is 23.8 Å². The van der Waals surface area contributed by atoms with Crippen LogP contribution < -0.4 is 0 Å². The highest BCUT2D eigenvalue weighted by Crippen LogP contribution is 2.69. The number of rotatable bonds is 1. The monoisotopic (exact) mass is 484 g/mol. The van der Waals surface area contributed by atoms with E-state index >= 15 is 0 Å². The van der Waals surface area contributed by atoms with Gasteiger partial charge in [0.25, 0.3) is 0 Å². The molecule has 35 heavy (non-hydrogen) atoms. The van der Waals surface area contributed by atoms with E-state index in [1.54, 1.807) is 13.8 Å². The van der Waals surface area contributed by atoms with Gasteiger partial charge in [-0.2, -0.15) is 0 Å². The van der Waals surface area contributed by atoms with Crippen molar-refractivity contribution in [2.75, 3.05) is 0 Å². The Bertz CT molecular complexity index is 1100. The first-order chi connectivity index (χ1) is 16.3. The van der Waals surface area contributed by atoms with Gasteiger partial charge in [-0.1, -0.05) is 18.2 Å². The molecular formula is C28H36O7. The van der Waals surface area contributed by atoms with Crippen LogP contribution >= 0.6 is 0 Å². The van der Waals surface area contributed by atoms with E-state index in [9.17, 15) is 19.8 Å². The van der Waals surface area contributed by atoms with Crippen molar-refractivity contribution in [1.29, 1.82) is 0 Å². The van der Waals surface area contributed by atoms with E-state index in [1.165, 1.54) is 0 Å². The molecule has 4 bridgehead atoms. The summed E-state index contributed by atoms with van der Waals surface area (Å²) in [5.41, 5.74) is -3.68. The number of Topliss-reactive ketones (excluding diaryl/α,β-unsaturated/α-hetero) is 1. The van der Waals surface area contributed by atoms with Gasteiger partial charge in [0.15, 0.2) is 5.79 Å². The largest absolute Gasteiger partial charge is 0.461 e. The summed E-state index contributed by atoms with van der Waals surface area (Å²) in [7, 11) is 0. The number of carbonyl (C=O) groups excluding carboxylic acids is 2. The second-order valence-corrected chi connectivity index (χ2v) is 13.2. The fourth-order valence-corrected chi connectivity index (χ4v) is 9.26. The normalized spacial score (nSPS) is 60.1. The molecule has 0 amide bonds. The van der Waals surface area contributed by atoms with E-state index in [0.29, 0.717) is 38.5 Å². The molecule has 7 nitrogen and oxygen atoms in total. The number of aliphatic hydroxyl groups is 2. The maximum absolute atomic E-state index is 13.3. The van der Waals surface area contributed by atoms with Gasteiger partial charge in [0.05, 0.1) is 34.1 Å². The standard InChI is InChI=1S/C28H36O7/c1-23-13-17(19(33-22(23)30)14-25(23,3)32)28-11-10-27(35-28)21-16(8-9-24(27,2)31)26(4)15(12-18(21)34-28)6-5-7-20(26)29/h5-6,12,16-19,21,31-32H,7-11,13-14H2,1-4H3/t16-,17+,18+,19-,21-,23+,24-,25+,26-,27+,28+/m0/s1. The van der Waals surface area contributed by atoms with Gasteiger partial charge in [0.2, 0.25) is 0 Å². The lowest BCUT2D eigenvalue weighted by molar-refractivity contribution is -0.408. The van der Waals surface area contributed by atoms with Gasteiger partial charge in [-0.3, -0.25) is 9.59 Å². The number of fused-ring (bicyclic) bond motifs is 7. The molecule has 190 valence electrons. The lowest BCUT2D eigenvalue weighted by Gasteiger charge is -2.66. The third kappa shape index (κ3) is 2.38. The second-order valence-electron chi connectivity index (χ2n) is 13.2. The molecule has 7 heteroatoms. The minimum Gasteiger partial charge on any atom is -0.461 e. The first-order valence-electron chi connectivity index (χ1n) is 13.3. The Balaban J connectivity index is 1.36. The Morgan fingerprint density at radius 2 is 1.74 bits per heavy atom. The molecular weight excluding hydrogens is 448 g/mol. The Labute approximate surface area is 205 Å². The summed E-state index contributed by atoms with van der Waals surface area (Å²) in [6.45, 7) is 7.45. The molecule has 4 aliphatic heterocycles.